The largest absolute Gasteiger partial charge is 0.382 e. The van der Waals surface area contributed by atoms with Gasteiger partial charge in [0.2, 0.25) is 0 Å². The summed E-state index contributed by atoms with van der Waals surface area (Å²) >= 11 is 0. The minimum absolute atomic E-state index is 0.00824. The van der Waals surface area contributed by atoms with Gasteiger partial charge >= 0.3 is 0 Å². The second-order valence-corrected chi connectivity index (χ2v) is 26.5. The molecule has 0 aliphatic carbocycles. The molecular weight excluding hydrogens is 1320 g/mol. The summed E-state index contributed by atoms with van der Waals surface area (Å²) in [4.78, 5) is 0. The fraction of sp³-hybridized carbons (Fsp3) is 0.871. The molecule has 0 N–H and O–H groups in total. The molecule has 0 unspecified atom stereocenters. The van der Waals surface area contributed by atoms with Crippen LogP contribution in [0.25, 0.3) is 0 Å². The van der Waals surface area contributed by atoms with Crippen LogP contribution in [0.4, 0.5) is 0 Å². The van der Waals surface area contributed by atoms with Crippen LogP contribution in [0.1, 0.15) is 80.4 Å². The Morgan fingerprint density at radius 1 is 0.343 bits per heavy atom. The predicted octanol–water partition coefficient (Wildman–Crippen LogP) is -1.56. The maximum Gasteiger partial charge on any atom is 0.177 e. The van der Waals surface area contributed by atoms with Crippen molar-refractivity contribution in [2.24, 2.45) is 17.8 Å². The third-order valence-electron chi connectivity index (χ3n) is 18.7. The summed E-state index contributed by atoms with van der Waals surface area (Å²) in [6.45, 7) is 5.07. The summed E-state index contributed by atoms with van der Waals surface area (Å²) in [6.07, 6.45) is 13.1. The van der Waals surface area contributed by atoms with Crippen LogP contribution < -0.4 is 0 Å². The number of aromatic nitrogens is 12. The quantitative estimate of drug-likeness (QED) is 0.0478. The van der Waals surface area contributed by atoms with Crippen LogP contribution in [0.2, 0.25) is 0 Å². The summed E-state index contributed by atoms with van der Waals surface area (Å²) in [5.41, 5.74) is 3.20. The van der Waals surface area contributed by atoms with E-state index in [1.165, 1.54) is 0 Å². The Morgan fingerprint density at radius 3 is 1.18 bits per heavy atom. The highest BCUT2D eigenvalue weighted by atomic mass is 16.6. The minimum Gasteiger partial charge on any atom is -0.382 e. The molecule has 32 nitrogen and oxygen atoms in total. The standard InChI is InChI=1S/C16H25B2N3O6.2C16H25B2N3O5.C14H21B2N3O4/c1-22-7-13-12(4-16(18)26-13)25-6-10-5-21(20-19-10)9-24-8-14-11(23-2)3-15(17)27-14;1-22-8-13-10(3-15(17)25-13)5-21-6-11(19-20-21)7-24-9-14-12(23-2)4-16(18)26-14;1-22-7-13-10(4-15(17)25-13)3-11-6-21(20-19-11)9-24-8-14-12(23-2)5-16(18)26-14;1-20-7-11-8(4-12(15)22-11)3-9-6-19(18-17-9)14-10(21-2)5-13(16)23-14/h5,11-16H,3-4,6-9H2,1-2H3;2*6,10,12-16H,3-5,7-9H2,1-2H3;6,8,10-14H,3-5,7H2,1-2H3/t11-,12-,13-,14-,15-,16-;10-,12+,13+,14+,15+,16+;10-,12-,13-,14-,15-,16-;8-,10-,11-,12-,13-,14+/m1011/s1. The van der Waals surface area contributed by atoms with Crippen LogP contribution in [0.15, 0.2) is 24.8 Å². The van der Waals surface area contributed by atoms with Gasteiger partial charge in [-0.2, -0.15) is 0 Å². The van der Waals surface area contributed by atoms with Crippen LogP contribution in [0, 0.1) is 17.8 Å². The van der Waals surface area contributed by atoms with Crippen molar-refractivity contribution in [3.63, 3.8) is 0 Å². The van der Waals surface area contributed by atoms with E-state index < -0.39 is 0 Å². The molecule has 12 heterocycles. The molecule has 548 valence electrons. The van der Waals surface area contributed by atoms with Crippen molar-refractivity contribution >= 4 is 62.8 Å². The Kier molecular flexibility index (Phi) is 34.0. The summed E-state index contributed by atoms with van der Waals surface area (Å²) < 4.78 is 117. The third-order valence-corrected chi connectivity index (χ3v) is 18.7. The molecule has 8 aliphatic heterocycles. The lowest BCUT2D eigenvalue weighted by molar-refractivity contribution is -0.0590. The third kappa shape index (κ3) is 24.9. The van der Waals surface area contributed by atoms with Gasteiger partial charge in [-0.25, -0.2) is 14.0 Å². The lowest BCUT2D eigenvalue weighted by atomic mass is 9.88. The van der Waals surface area contributed by atoms with Gasteiger partial charge in [-0.05, 0) is 76.0 Å². The molecule has 0 amide bonds. The molecule has 4 aromatic rings. The second-order valence-electron chi connectivity index (χ2n) is 26.5. The highest BCUT2D eigenvalue weighted by Crippen LogP contribution is 2.33. The molecule has 0 aromatic carbocycles. The molecule has 0 saturated carbocycles. The van der Waals surface area contributed by atoms with E-state index in [1.54, 1.807) is 81.8 Å². The Morgan fingerprint density at radius 2 is 0.686 bits per heavy atom. The summed E-state index contributed by atoms with van der Waals surface area (Å²) in [5.74, 6) is 0.781. The smallest absolute Gasteiger partial charge is 0.177 e. The number of methoxy groups -OCH3 is 8. The summed E-state index contributed by atoms with van der Waals surface area (Å²) in [7, 11) is 59.8. The minimum atomic E-state index is -0.343. The average Bonchev–Trinajstić information content (AvgIpc) is 1.67. The first-order chi connectivity index (χ1) is 49.4. The van der Waals surface area contributed by atoms with E-state index in [2.05, 4.69) is 41.2 Å². The van der Waals surface area contributed by atoms with Gasteiger partial charge in [0.15, 0.2) is 6.23 Å². The number of rotatable bonds is 34. The van der Waals surface area contributed by atoms with Crippen LogP contribution in [-0.4, -0.2) is 347 Å². The zero-order valence-electron chi connectivity index (χ0n) is 59.9. The SMILES string of the molecule is [B][C@H]1C[C@@H](Cc2cn(COC[C@H]3O[C@@H]([B])C[C@H]3OC)nn2)[C@@H](COC)O1.[B][C@H]1C[C@@H](Cc2cn([C@H]3O[C@@H]([B])C[C@H]3OC)nn2)[C@@H](COC)O1.[B][C@H]1C[C@@H](Cn2cc(COC[C@H]3O[C@@H]([B])C[C@H]3OC)nn2)[C@@H](COC)O1.[B][C@H]1C[C@@H](OC)[C@@H](COCn2cc(CO[C@@H]3C[C@H]([B])O[C@@H]3COC)nn2)O1. The molecule has 12 rings (SSSR count). The molecule has 8 fully saturated rings. The van der Waals surface area contributed by atoms with Crippen molar-refractivity contribution < 1.29 is 94.7 Å². The van der Waals surface area contributed by atoms with Crippen LogP contribution >= 0.6 is 0 Å². The van der Waals surface area contributed by atoms with E-state index in [1.807, 2.05) is 18.6 Å². The molecule has 4 aromatic heterocycles. The van der Waals surface area contributed by atoms with E-state index in [-0.39, 0.29) is 152 Å². The predicted molar refractivity (Wildman–Crippen MR) is 366 cm³/mol. The Labute approximate surface area is 608 Å². The zero-order chi connectivity index (χ0) is 72.7. The number of hydrogen-bond acceptors (Lipinski definition) is 28. The highest BCUT2D eigenvalue weighted by Gasteiger charge is 2.40. The van der Waals surface area contributed by atoms with Crippen molar-refractivity contribution in [3.05, 3.63) is 47.6 Å². The van der Waals surface area contributed by atoms with Crippen LogP contribution in [-0.2, 0) is 141 Å². The molecule has 24 atom stereocenters. The summed E-state index contributed by atoms with van der Waals surface area (Å²) in [6, 6.07) is -2.33. The maximum absolute atomic E-state index is 5.89. The molecule has 8 saturated heterocycles. The lowest BCUT2D eigenvalue weighted by Gasteiger charge is -2.17. The maximum atomic E-state index is 5.89. The normalized spacial score (nSPS) is 35.0. The van der Waals surface area contributed by atoms with Gasteiger partial charge in [-0.3, -0.25) is 4.68 Å². The van der Waals surface area contributed by atoms with Crippen LogP contribution in [0.5, 0.6) is 0 Å². The molecule has 16 radical (unpaired) electrons. The van der Waals surface area contributed by atoms with Gasteiger partial charge in [-0.15, -0.1) is 20.4 Å². The molecule has 0 bridgehead atoms. The second kappa shape index (κ2) is 42.1. The molecular formula is C62H96B8N12O20. The zero-order valence-corrected chi connectivity index (χ0v) is 59.9. The van der Waals surface area contributed by atoms with E-state index in [9.17, 15) is 0 Å². The Balaban J connectivity index is 0.000000158. The summed E-state index contributed by atoms with van der Waals surface area (Å²) in [5, 5.41) is 33.2. The molecule has 40 heteroatoms. The van der Waals surface area contributed by atoms with Crippen molar-refractivity contribution in [1.82, 2.24) is 60.0 Å². The van der Waals surface area contributed by atoms with E-state index >= 15 is 0 Å². The lowest BCUT2D eigenvalue weighted by Crippen LogP contribution is -2.28. The first-order valence-corrected chi connectivity index (χ1v) is 34.6. The van der Waals surface area contributed by atoms with Gasteiger partial charge < -0.3 is 94.7 Å². The van der Waals surface area contributed by atoms with Gasteiger partial charge in [0.25, 0.3) is 0 Å². The molecule has 0 spiro atoms. The van der Waals surface area contributed by atoms with Gasteiger partial charge in [0.05, 0.1) is 138 Å². The van der Waals surface area contributed by atoms with Gasteiger partial charge in [0.1, 0.15) is 118 Å². The van der Waals surface area contributed by atoms with E-state index in [0.29, 0.717) is 111 Å². The first kappa shape index (κ1) is 82.3. The average molecular weight is 1420 g/mol. The van der Waals surface area contributed by atoms with Crippen LogP contribution in [0.3, 0.4) is 0 Å². The van der Waals surface area contributed by atoms with Gasteiger partial charge in [-0.1, -0.05) is 20.9 Å². The number of hydrogen-bond donors (Lipinski definition) is 0. The van der Waals surface area contributed by atoms with E-state index in [4.69, 9.17) is 158 Å². The Bertz CT molecular complexity index is 2890. The first-order valence-electron chi connectivity index (χ1n) is 34.6. The van der Waals surface area contributed by atoms with Crippen molar-refractivity contribution in [1.29, 1.82) is 0 Å². The van der Waals surface area contributed by atoms with Gasteiger partial charge in [0, 0.05) is 117 Å². The number of nitrogens with zero attached hydrogens (tertiary/aromatic N) is 12. The van der Waals surface area contributed by atoms with Crippen molar-refractivity contribution in [2.75, 3.05) is 103 Å². The van der Waals surface area contributed by atoms with Crippen molar-refractivity contribution in [2.45, 2.75) is 225 Å². The molecule has 102 heavy (non-hydrogen) atoms. The molecule has 8 aliphatic rings. The monoisotopic (exact) mass is 1420 g/mol. The highest BCUT2D eigenvalue weighted by molar-refractivity contribution is 6.12. The van der Waals surface area contributed by atoms with E-state index in [0.717, 1.165) is 49.2 Å². The fourth-order valence-electron chi connectivity index (χ4n) is 13.7. The fourth-order valence-corrected chi connectivity index (χ4v) is 13.7. The topological polar surface area (TPSA) is 307 Å². The Hall–Kier alpha value is -3.72. The number of ether oxygens (including phenoxy) is 20. The van der Waals surface area contributed by atoms with Crippen molar-refractivity contribution in [3.8, 4) is 0 Å².